The second-order valence-corrected chi connectivity index (χ2v) is 12.3. The number of aromatic nitrogens is 1. The summed E-state index contributed by atoms with van der Waals surface area (Å²) in [5, 5.41) is 12.3. The van der Waals surface area contributed by atoms with Gasteiger partial charge in [-0.15, -0.1) is 0 Å². The summed E-state index contributed by atoms with van der Waals surface area (Å²) in [4.78, 5) is 21.1. The largest absolute Gasteiger partial charge is 0.395 e. The van der Waals surface area contributed by atoms with Crippen molar-refractivity contribution in [1.82, 2.24) is 14.8 Å². The van der Waals surface area contributed by atoms with Crippen LogP contribution in [0.3, 0.4) is 0 Å². The number of aliphatic hydroxyl groups is 1. The Labute approximate surface area is 242 Å². The van der Waals surface area contributed by atoms with Gasteiger partial charge in [0.1, 0.15) is 4.90 Å². The summed E-state index contributed by atoms with van der Waals surface area (Å²) in [6.45, 7) is -1.02. The summed E-state index contributed by atoms with van der Waals surface area (Å²) < 4.78 is 59.7. The molecule has 1 fully saturated rings. The monoisotopic (exact) mass is 692 g/mol. The number of nitrogens with zero attached hydrogens (tertiary/aromatic N) is 2. The predicted octanol–water partition coefficient (Wildman–Crippen LogP) is 4.62. The van der Waals surface area contributed by atoms with Crippen molar-refractivity contribution in [2.75, 3.05) is 25.1 Å². The minimum atomic E-state index is -4.74. The van der Waals surface area contributed by atoms with Crippen LogP contribution in [0.2, 0.25) is 5.02 Å². The summed E-state index contributed by atoms with van der Waals surface area (Å²) in [6, 6.07) is 8.57. The first-order valence-electron chi connectivity index (χ1n) is 11.8. The molecule has 208 valence electrons. The highest BCUT2D eigenvalue weighted by Crippen LogP contribution is 2.35. The number of halogens is 4. The highest BCUT2D eigenvalue weighted by molar-refractivity contribution is 14.1. The topological polar surface area (TPSA) is 121 Å². The number of hydroxylamine groups is 1. The van der Waals surface area contributed by atoms with E-state index in [0.29, 0.717) is 5.56 Å². The minimum Gasteiger partial charge on any atom is -0.395 e. The zero-order valence-electron chi connectivity index (χ0n) is 20.3. The molecule has 1 saturated carbocycles. The van der Waals surface area contributed by atoms with E-state index >= 15 is 8.78 Å². The van der Waals surface area contributed by atoms with Crippen LogP contribution in [0.4, 0.5) is 20.2 Å². The summed E-state index contributed by atoms with van der Waals surface area (Å²) in [7, 11) is -4.74. The van der Waals surface area contributed by atoms with E-state index in [2.05, 4.69) is 15.8 Å². The Kier molecular flexibility index (Phi) is 9.72. The number of nitrogens with one attached hydrogen (secondary N) is 2. The smallest absolute Gasteiger partial charge is 0.277 e. The van der Waals surface area contributed by atoms with Gasteiger partial charge >= 0.3 is 0 Å². The number of pyridine rings is 1. The van der Waals surface area contributed by atoms with Crippen molar-refractivity contribution in [3.05, 3.63) is 80.1 Å². The molecule has 0 atom stereocenters. The Morgan fingerprint density at radius 2 is 1.90 bits per heavy atom. The molecule has 1 aromatic heterocycles. The zero-order valence-corrected chi connectivity index (χ0v) is 24.1. The van der Waals surface area contributed by atoms with Crippen LogP contribution in [-0.4, -0.2) is 48.5 Å². The fourth-order valence-corrected chi connectivity index (χ4v) is 6.01. The first-order chi connectivity index (χ1) is 18.6. The standard InChI is InChI=1S/C25H24ClF2IN4O5S/c26-19-11-17(29)3-4-20(19)31-24-18(25(35)32-38-14-16-1-2-16)12-21(22(27)23(24)28)39(36,37)33(9-10-34)13-15-5-7-30-8-6-15/h3-8,11-12,16,31,34H,1-2,9-10,13-14H2,(H,32,35). The van der Waals surface area contributed by atoms with Gasteiger partial charge in [0.15, 0.2) is 11.6 Å². The average molecular weight is 693 g/mol. The third-order valence-electron chi connectivity index (χ3n) is 5.87. The number of anilines is 2. The summed E-state index contributed by atoms with van der Waals surface area (Å²) in [6.07, 6.45) is 4.78. The summed E-state index contributed by atoms with van der Waals surface area (Å²) in [5.41, 5.74) is 1.71. The number of amides is 1. The van der Waals surface area contributed by atoms with E-state index in [9.17, 15) is 18.3 Å². The molecule has 1 aliphatic carbocycles. The second kappa shape index (κ2) is 12.8. The lowest BCUT2D eigenvalue weighted by molar-refractivity contribution is 0.0270. The van der Waals surface area contributed by atoms with Crippen LogP contribution in [0.25, 0.3) is 0 Å². The molecule has 1 heterocycles. The Bertz CT molecular complexity index is 1460. The number of hydrogen-bond donors (Lipinski definition) is 3. The second-order valence-electron chi connectivity index (χ2n) is 8.78. The lowest BCUT2D eigenvalue weighted by Crippen LogP contribution is -2.34. The maximum Gasteiger partial charge on any atom is 0.277 e. The lowest BCUT2D eigenvalue weighted by Gasteiger charge is -2.23. The van der Waals surface area contributed by atoms with Gasteiger partial charge in [0, 0.05) is 29.1 Å². The molecular weight excluding hydrogens is 669 g/mol. The van der Waals surface area contributed by atoms with E-state index in [0.717, 1.165) is 26.8 Å². The third-order valence-corrected chi connectivity index (χ3v) is 8.69. The number of rotatable bonds is 12. The molecular formula is C25H24ClF2IN4O5S. The van der Waals surface area contributed by atoms with Crippen molar-refractivity contribution in [3.63, 3.8) is 0 Å². The Balaban J connectivity index is 1.77. The molecule has 0 bridgehead atoms. The van der Waals surface area contributed by atoms with E-state index in [1.807, 2.05) is 22.6 Å². The molecule has 2 aromatic carbocycles. The number of benzene rings is 2. The van der Waals surface area contributed by atoms with Crippen LogP contribution in [0.1, 0.15) is 28.8 Å². The number of carbonyl (C=O) groups excluding carboxylic acids is 1. The average Bonchev–Trinajstić information content (AvgIpc) is 3.73. The molecule has 0 aliphatic heterocycles. The normalized spacial score (nSPS) is 13.5. The third kappa shape index (κ3) is 7.21. The number of aliphatic hydroxyl groups excluding tert-OH is 1. The molecule has 0 spiro atoms. The fraction of sp³-hybridized carbons (Fsp3) is 0.280. The number of carbonyl (C=O) groups is 1. The van der Waals surface area contributed by atoms with E-state index < -0.39 is 56.9 Å². The van der Waals surface area contributed by atoms with Gasteiger partial charge in [0.25, 0.3) is 5.91 Å². The van der Waals surface area contributed by atoms with Crippen LogP contribution in [0.5, 0.6) is 0 Å². The SMILES string of the molecule is O=C(NOCC1CC1)c1cc(S(=O)(=O)N(CCO)Cc2ccncc2)c(F)c(F)c1Nc1ccc(I)cc1Cl. The van der Waals surface area contributed by atoms with Gasteiger partial charge in [-0.3, -0.25) is 14.6 Å². The molecule has 3 N–H and O–H groups in total. The van der Waals surface area contributed by atoms with Gasteiger partial charge in [0.2, 0.25) is 10.0 Å². The fourth-order valence-electron chi connectivity index (χ4n) is 3.61. The van der Waals surface area contributed by atoms with E-state index in [4.69, 9.17) is 16.4 Å². The van der Waals surface area contributed by atoms with Crippen LogP contribution < -0.4 is 10.8 Å². The predicted molar refractivity (Wildman–Crippen MR) is 149 cm³/mol. The van der Waals surface area contributed by atoms with Gasteiger partial charge in [-0.1, -0.05) is 11.6 Å². The highest BCUT2D eigenvalue weighted by Gasteiger charge is 2.33. The van der Waals surface area contributed by atoms with Gasteiger partial charge in [-0.05, 0) is 83.3 Å². The Morgan fingerprint density at radius 3 is 2.54 bits per heavy atom. The number of sulfonamides is 1. The first-order valence-corrected chi connectivity index (χ1v) is 14.7. The molecule has 3 aromatic rings. The van der Waals surface area contributed by atoms with Crippen molar-refractivity contribution in [2.24, 2.45) is 5.92 Å². The molecule has 9 nitrogen and oxygen atoms in total. The van der Waals surface area contributed by atoms with E-state index in [-0.39, 0.29) is 29.8 Å². The summed E-state index contributed by atoms with van der Waals surface area (Å²) in [5.74, 6) is -4.01. The van der Waals surface area contributed by atoms with E-state index in [1.54, 1.807) is 24.3 Å². The molecule has 39 heavy (non-hydrogen) atoms. The van der Waals surface area contributed by atoms with Gasteiger partial charge in [0.05, 0.1) is 35.2 Å². The van der Waals surface area contributed by atoms with Crippen LogP contribution in [0, 0.1) is 21.1 Å². The molecule has 1 amide bonds. The van der Waals surface area contributed by atoms with Crippen molar-refractivity contribution in [2.45, 2.75) is 24.3 Å². The molecule has 1 aliphatic rings. The van der Waals surface area contributed by atoms with Crippen molar-refractivity contribution < 1.29 is 31.9 Å². The Hall–Kier alpha value is -2.43. The van der Waals surface area contributed by atoms with Gasteiger partial charge in [-0.2, -0.15) is 4.31 Å². The first kappa shape index (κ1) is 29.6. The molecule has 0 unspecified atom stereocenters. The highest BCUT2D eigenvalue weighted by atomic mass is 127. The van der Waals surface area contributed by atoms with Gasteiger partial charge < -0.3 is 10.4 Å². The maximum absolute atomic E-state index is 15.6. The van der Waals surface area contributed by atoms with Crippen LogP contribution in [0.15, 0.2) is 53.7 Å². The number of hydrogen-bond acceptors (Lipinski definition) is 7. The quantitative estimate of drug-likeness (QED) is 0.187. The lowest BCUT2D eigenvalue weighted by atomic mass is 10.1. The zero-order chi connectivity index (χ0) is 28.2. The van der Waals surface area contributed by atoms with Crippen molar-refractivity contribution in [3.8, 4) is 0 Å². The van der Waals surface area contributed by atoms with Crippen LogP contribution in [-0.2, 0) is 21.4 Å². The molecule has 14 heteroatoms. The summed E-state index contributed by atoms with van der Waals surface area (Å²) >= 11 is 8.27. The van der Waals surface area contributed by atoms with E-state index in [1.165, 1.54) is 18.5 Å². The minimum absolute atomic E-state index is 0.165. The maximum atomic E-state index is 15.6. The Morgan fingerprint density at radius 1 is 1.18 bits per heavy atom. The van der Waals surface area contributed by atoms with Crippen molar-refractivity contribution in [1.29, 1.82) is 0 Å². The van der Waals surface area contributed by atoms with Crippen LogP contribution >= 0.6 is 34.2 Å². The van der Waals surface area contributed by atoms with Gasteiger partial charge in [-0.25, -0.2) is 22.7 Å². The molecule has 0 radical (unpaired) electrons. The molecule has 4 rings (SSSR count). The molecule has 0 saturated heterocycles. The van der Waals surface area contributed by atoms with Crippen molar-refractivity contribution >= 4 is 61.5 Å².